The second-order valence-electron chi connectivity index (χ2n) is 1.26. The third-order valence-electron chi connectivity index (χ3n) is 0.758. The Balaban J connectivity index is 3.82. The smallest absolute Gasteiger partial charge is 0.262 e. The third-order valence-corrected chi connectivity index (χ3v) is 1.06. The van der Waals surface area contributed by atoms with Gasteiger partial charge in [-0.05, 0) is 13.8 Å². The van der Waals surface area contributed by atoms with Gasteiger partial charge in [-0.15, -0.1) is 0 Å². The van der Waals surface area contributed by atoms with E-state index in [4.69, 9.17) is 16.4 Å². The molecule has 0 spiro atoms. The van der Waals surface area contributed by atoms with Crippen molar-refractivity contribution in [2.24, 2.45) is 0 Å². The molecule has 0 saturated carbocycles. The van der Waals surface area contributed by atoms with Gasteiger partial charge in [0.2, 0.25) is 0 Å². The summed E-state index contributed by atoms with van der Waals surface area (Å²) in [5.41, 5.74) is 0.710. The fourth-order valence-corrected chi connectivity index (χ4v) is 0.228. The average Bonchev–Trinajstić information content (AvgIpc) is 1.65. The molecule has 0 atom stereocenters. The topological polar surface area (TPSA) is 21.4 Å². The van der Waals surface area contributed by atoms with Gasteiger partial charge in [0.15, 0.2) is 0 Å². The van der Waals surface area contributed by atoms with E-state index >= 15 is 0 Å². The molecule has 0 aromatic carbocycles. The average molecular weight is 120 g/mol. The van der Waals surface area contributed by atoms with Crippen LogP contribution in [-0.2, 0) is 0 Å². The second kappa shape index (κ2) is 2.80. The van der Waals surface area contributed by atoms with Crippen LogP contribution in [0.3, 0.4) is 0 Å². The predicted molar refractivity (Wildman–Crippen MR) is 32.2 cm³/mol. The molecule has 40 valence electrons. The standard InChI is InChI=1S/C5H7ClO/c1-3-4(2)5(6)7/h3H,1-2H3/p+1/b4-3+. The number of carbonyl (C=O) groups excluding carboxylic acids is 1. The maximum atomic E-state index is 8.43. The first kappa shape index (κ1) is 6.70. The Labute approximate surface area is 48.0 Å². The minimum atomic E-state index is -0.123. The molecule has 0 aromatic heterocycles. The van der Waals surface area contributed by atoms with E-state index in [1.54, 1.807) is 13.0 Å². The largest absolute Gasteiger partial charge is 0.413 e. The van der Waals surface area contributed by atoms with Crippen molar-refractivity contribution >= 4 is 16.8 Å². The number of allylic oxidation sites excluding steroid dienone is 2. The Hall–Kier alpha value is -0.300. The van der Waals surface area contributed by atoms with Crippen molar-refractivity contribution in [3.05, 3.63) is 11.6 Å². The SMILES string of the molecule is C/C=C(\C)C(=[OH+])Cl. The summed E-state index contributed by atoms with van der Waals surface area (Å²) in [6.07, 6.45) is 1.74. The summed E-state index contributed by atoms with van der Waals surface area (Å²) in [6.45, 7) is 3.55. The van der Waals surface area contributed by atoms with Crippen molar-refractivity contribution < 1.29 is 4.79 Å². The van der Waals surface area contributed by atoms with Gasteiger partial charge < -0.3 is 0 Å². The monoisotopic (exact) mass is 119 g/mol. The van der Waals surface area contributed by atoms with E-state index < -0.39 is 0 Å². The zero-order chi connectivity index (χ0) is 5.86. The molecule has 0 radical (unpaired) electrons. The zero-order valence-electron chi connectivity index (χ0n) is 4.40. The van der Waals surface area contributed by atoms with E-state index in [-0.39, 0.29) is 5.24 Å². The molecular formula is C5H8ClO+. The first-order valence-electron chi connectivity index (χ1n) is 2.03. The normalized spacial score (nSPS) is 11.6. The van der Waals surface area contributed by atoms with E-state index in [0.29, 0.717) is 5.57 Å². The van der Waals surface area contributed by atoms with Gasteiger partial charge in [0, 0.05) is 11.6 Å². The Bertz CT molecular complexity index is 105. The van der Waals surface area contributed by atoms with Crippen LogP contribution in [0.2, 0.25) is 0 Å². The van der Waals surface area contributed by atoms with Crippen LogP contribution in [0.1, 0.15) is 13.8 Å². The number of hydrogen-bond donors (Lipinski definition) is 0. The second-order valence-corrected chi connectivity index (χ2v) is 1.62. The van der Waals surface area contributed by atoms with E-state index in [1.807, 2.05) is 6.92 Å². The summed E-state index contributed by atoms with van der Waals surface area (Å²) in [6, 6.07) is 0. The van der Waals surface area contributed by atoms with Gasteiger partial charge in [-0.2, -0.15) is 0 Å². The molecule has 7 heavy (non-hydrogen) atoms. The molecule has 0 saturated heterocycles. The lowest BCUT2D eigenvalue weighted by molar-refractivity contribution is 0.687. The number of hydrogen-bond acceptors (Lipinski definition) is 0. The molecule has 1 N–H and O–H groups in total. The molecular weight excluding hydrogens is 112 g/mol. The summed E-state index contributed by atoms with van der Waals surface area (Å²) in [4.78, 5) is 8.43. The van der Waals surface area contributed by atoms with Gasteiger partial charge in [0.05, 0.1) is 5.57 Å². The van der Waals surface area contributed by atoms with E-state index in [0.717, 1.165) is 0 Å². The quantitative estimate of drug-likeness (QED) is 0.285. The minimum Gasteiger partial charge on any atom is -0.262 e. The minimum absolute atomic E-state index is 0.123. The zero-order valence-corrected chi connectivity index (χ0v) is 5.16. The lowest BCUT2D eigenvalue weighted by atomic mass is 10.3. The summed E-state index contributed by atoms with van der Waals surface area (Å²) in [5.74, 6) is 0. The van der Waals surface area contributed by atoms with Crippen molar-refractivity contribution in [3.63, 3.8) is 0 Å². The first-order valence-corrected chi connectivity index (χ1v) is 2.41. The highest BCUT2D eigenvalue weighted by atomic mass is 35.5. The molecule has 0 aliphatic heterocycles. The van der Waals surface area contributed by atoms with Crippen LogP contribution < -0.4 is 0 Å². The summed E-state index contributed by atoms with van der Waals surface area (Å²) < 4.78 is 0. The van der Waals surface area contributed by atoms with Crippen LogP contribution in [0.25, 0.3) is 0 Å². The molecule has 0 amide bonds. The molecule has 1 nitrogen and oxygen atoms in total. The van der Waals surface area contributed by atoms with Crippen molar-refractivity contribution in [3.8, 4) is 0 Å². The van der Waals surface area contributed by atoms with Gasteiger partial charge in [-0.3, -0.25) is 4.79 Å². The Morgan fingerprint density at radius 2 is 2.14 bits per heavy atom. The molecule has 0 aliphatic rings. The fourth-order valence-electron chi connectivity index (χ4n) is 0.119. The first-order chi connectivity index (χ1) is 3.18. The van der Waals surface area contributed by atoms with Crippen molar-refractivity contribution in [1.82, 2.24) is 0 Å². The Morgan fingerprint density at radius 3 is 2.14 bits per heavy atom. The van der Waals surface area contributed by atoms with Gasteiger partial charge >= 0.3 is 5.24 Å². The highest BCUT2D eigenvalue weighted by molar-refractivity contribution is 6.67. The van der Waals surface area contributed by atoms with Gasteiger partial charge in [-0.25, -0.2) is 0 Å². The van der Waals surface area contributed by atoms with Gasteiger partial charge in [0.25, 0.3) is 0 Å². The summed E-state index contributed by atoms with van der Waals surface area (Å²) in [7, 11) is 0. The summed E-state index contributed by atoms with van der Waals surface area (Å²) in [5, 5.41) is -0.123. The van der Waals surface area contributed by atoms with Crippen molar-refractivity contribution in [2.45, 2.75) is 13.8 Å². The van der Waals surface area contributed by atoms with Crippen LogP contribution >= 0.6 is 11.6 Å². The van der Waals surface area contributed by atoms with E-state index in [2.05, 4.69) is 0 Å². The molecule has 2 heteroatoms. The van der Waals surface area contributed by atoms with E-state index in [9.17, 15) is 0 Å². The molecule has 0 fully saturated rings. The molecule has 0 rings (SSSR count). The van der Waals surface area contributed by atoms with Crippen molar-refractivity contribution in [2.75, 3.05) is 0 Å². The number of rotatable bonds is 1. The lowest BCUT2D eigenvalue weighted by Gasteiger charge is -1.76. The molecule has 0 heterocycles. The third kappa shape index (κ3) is 2.40. The van der Waals surface area contributed by atoms with Crippen LogP contribution in [-0.4, -0.2) is 10.0 Å². The van der Waals surface area contributed by atoms with Crippen LogP contribution in [0.15, 0.2) is 11.6 Å². The molecule has 0 unspecified atom stereocenters. The highest BCUT2D eigenvalue weighted by Gasteiger charge is 2.01. The predicted octanol–water partition coefficient (Wildman–Crippen LogP) is 1.69. The Morgan fingerprint density at radius 1 is 1.71 bits per heavy atom. The molecule has 0 aliphatic carbocycles. The lowest BCUT2D eigenvalue weighted by Crippen LogP contribution is -1.85. The Kier molecular flexibility index (Phi) is 2.68. The molecule has 0 bridgehead atoms. The van der Waals surface area contributed by atoms with Gasteiger partial charge in [0.1, 0.15) is 0 Å². The summed E-state index contributed by atoms with van der Waals surface area (Å²) >= 11 is 5.13. The van der Waals surface area contributed by atoms with Crippen LogP contribution in [0, 0.1) is 0 Å². The van der Waals surface area contributed by atoms with E-state index in [1.165, 1.54) is 0 Å². The fraction of sp³-hybridized carbons (Fsp3) is 0.400. The van der Waals surface area contributed by atoms with Crippen LogP contribution in [0.5, 0.6) is 0 Å². The van der Waals surface area contributed by atoms with Crippen LogP contribution in [0.4, 0.5) is 0 Å². The van der Waals surface area contributed by atoms with Gasteiger partial charge in [-0.1, -0.05) is 6.08 Å². The highest BCUT2D eigenvalue weighted by Crippen LogP contribution is 1.95. The molecule has 0 aromatic rings. The van der Waals surface area contributed by atoms with Crippen molar-refractivity contribution in [1.29, 1.82) is 0 Å². The maximum Gasteiger partial charge on any atom is 0.413 e. The number of halogens is 1. The maximum absolute atomic E-state index is 8.43.